The molecule has 0 spiro atoms. The highest BCUT2D eigenvalue weighted by atomic mass is 16.4. The summed E-state index contributed by atoms with van der Waals surface area (Å²) in [5, 5.41) is 12.8. The Bertz CT molecular complexity index is 342. The van der Waals surface area contributed by atoms with E-state index in [1.54, 1.807) is 0 Å². The van der Waals surface area contributed by atoms with E-state index in [1.165, 1.54) is 5.56 Å². The Hall–Kier alpha value is -1.32. The van der Waals surface area contributed by atoms with Gasteiger partial charge in [0, 0.05) is 18.7 Å². The van der Waals surface area contributed by atoms with Crippen LogP contribution in [0.3, 0.4) is 0 Å². The Balaban J connectivity index is 2.59. The first-order valence-corrected chi connectivity index (χ1v) is 4.74. The minimum atomic E-state index is -0.747. The van der Waals surface area contributed by atoms with E-state index in [0.29, 0.717) is 13.0 Å². The summed E-state index contributed by atoms with van der Waals surface area (Å²) >= 11 is 0. The number of hydrogen-bond acceptors (Lipinski definition) is 2. The van der Waals surface area contributed by atoms with Gasteiger partial charge in [-0.1, -0.05) is 0 Å². The van der Waals surface area contributed by atoms with Crippen molar-refractivity contribution in [2.24, 2.45) is 0 Å². The molecule has 14 heavy (non-hydrogen) atoms. The molecule has 0 radical (unpaired) electrons. The molecule has 1 aromatic heterocycles. The van der Waals surface area contributed by atoms with E-state index in [1.807, 2.05) is 25.5 Å². The number of nitrogens with zero attached hydrogens (tertiary/aromatic N) is 2. The molecule has 0 aliphatic rings. The summed E-state index contributed by atoms with van der Waals surface area (Å²) in [5.41, 5.74) is 3.35. The van der Waals surface area contributed by atoms with Crippen molar-refractivity contribution < 1.29 is 9.90 Å². The fourth-order valence-electron chi connectivity index (χ4n) is 1.38. The number of aryl methyl sites for hydroxylation is 2. The van der Waals surface area contributed by atoms with Crippen LogP contribution in [0.4, 0.5) is 0 Å². The van der Waals surface area contributed by atoms with Gasteiger partial charge in [-0.2, -0.15) is 5.10 Å². The second kappa shape index (κ2) is 4.26. The molecule has 0 atom stereocenters. The summed E-state index contributed by atoms with van der Waals surface area (Å²) in [6.07, 6.45) is 0.841. The molecule has 0 fully saturated rings. The first-order valence-electron chi connectivity index (χ1n) is 4.74. The quantitative estimate of drug-likeness (QED) is 0.797. The predicted octanol–water partition coefficient (Wildman–Crippen LogP) is 1.67. The van der Waals surface area contributed by atoms with Crippen LogP contribution < -0.4 is 0 Å². The van der Waals surface area contributed by atoms with E-state index in [9.17, 15) is 4.79 Å². The lowest BCUT2D eigenvalue weighted by atomic mass is 10.2. The van der Waals surface area contributed by atoms with E-state index in [4.69, 9.17) is 5.11 Å². The highest BCUT2D eigenvalue weighted by molar-refractivity contribution is 5.66. The SMILES string of the molecule is Cc1nn(CCCC(=O)O)c(C)c1C. The molecule has 0 bridgehead atoms. The molecule has 1 rings (SSSR count). The maximum Gasteiger partial charge on any atom is 0.303 e. The molecule has 1 aromatic rings. The van der Waals surface area contributed by atoms with Crippen molar-refractivity contribution in [3.05, 3.63) is 17.0 Å². The van der Waals surface area contributed by atoms with Crippen molar-refractivity contribution in [1.82, 2.24) is 9.78 Å². The Morgan fingerprint density at radius 2 is 2.07 bits per heavy atom. The van der Waals surface area contributed by atoms with Crippen LogP contribution >= 0.6 is 0 Å². The number of aromatic nitrogens is 2. The molecular weight excluding hydrogens is 180 g/mol. The van der Waals surface area contributed by atoms with Gasteiger partial charge in [-0.15, -0.1) is 0 Å². The molecule has 78 valence electrons. The van der Waals surface area contributed by atoms with E-state index in [0.717, 1.165) is 11.4 Å². The average molecular weight is 196 g/mol. The van der Waals surface area contributed by atoms with Crippen molar-refractivity contribution in [3.8, 4) is 0 Å². The van der Waals surface area contributed by atoms with E-state index in [2.05, 4.69) is 5.10 Å². The lowest BCUT2D eigenvalue weighted by molar-refractivity contribution is -0.137. The molecule has 0 amide bonds. The smallest absolute Gasteiger partial charge is 0.303 e. The van der Waals surface area contributed by atoms with Crippen molar-refractivity contribution in [2.45, 2.75) is 40.2 Å². The Labute approximate surface area is 83.5 Å². The lowest BCUT2D eigenvalue weighted by Gasteiger charge is -2.02. The molecule has 0 aliphatic carbocycles. The fraction of sp³-hybridized carbons (Fsp3) is 0.600. The van der Waals surface area contributed by atoms with Gasteiger partial charge in [-0.05, 0) is 32.8 Å². The largest absolute Gasteiger partial charge is 0.481 e. The second-order valence-electron chi connectivity index (χ2n) is 3.52. The van der Waals surface area contributed by atoms with Gasteiger partial charge in [-0.25, -0.2) is 0 Å². The lowest BCUT2D eigenvalue weighted by Crippen LogP contribution is -2.05. The van der Waals surface area contributed by atoms with E-state index >= 15 is 0 Å². The van der Waals surface area contributed by atoms with E-state index < -0.39 is 5.97 Å². The van der Waals surface area contributed by atoms with Crippen molar-refractivity contribution in [3.63, 3.8) is 0 Å². The third-order valence-electron chi connectivity index (χ3n) is 2.50. The normalized spacial score (nSPS) is 10.5. The monoisotopic (exact) mass is 196 g/mol. The molecule has 0 saturated carbocycles. The number of rotatable bonds is 4. The number of hydrogen-bond donors (Lipinski definition) is 1. The molecule has 1 heterocycles. The molecule has 0 saturated heterocycles. The topological polar surface area (TPSA) is 55.1 Å². The van der Waals surface area contributed by atoms with Gasteiger partial charge in [0.1, 0.15) is 0 Å². The standard InChI is InChI=1S/C10H16N2O2/c1-7-8(2)11-12(9(7)3)6-4-5-10(13)14/h4-6H2,1-3H3,(H,13,14). The fourth-order valence-corrected chi connectivity index (χ4v) is 1.38. The minimum absolute atomic E-state index is 0.206. The van der Waals surface area contributed by atoms with Crippen molar-refractivity contribution in [1.29, 1.82) is 0 Å². The van der Waals surface area contributed by atoms with Crippen LogP contribution in [0.15, 0.2) is 0 Å². The number of carbonyl (C=O) groups is 1. The Kier molecular flexibility index (Phi) is 3.28. The van der Waals surface area contributed by atoms with Gasteiger partial charge in [-0.3, -0.25) is 9.48 Å². The minimum Gasteiger partial charge on any atom is -0.481 e. The zero-order valence-corrected chi connectivity index (χ0v) is 8.87. The van der Waals surface area contributed by atoms with Crippen LogP contribution in [0.2, 0.25) is 0 Å². The molecule has 1 N–H and O–H groups in total. The first-order chi connectivity index (χ1) is 6.52. The average Bonchev–Trinajstić information content (AvgIpc) is 2.33. The van der Waals surface area contributed by atoms with Gasteiger partial charge < -0.3 is 5.11 Å². The van der Waals surface area contributed by atoms with Gasteiger partial charge >= 0.3 is 5.97 Å². The van der Waals surface area contributed by atoms with Crippen molar-refractivity contribution >= 4 is 5.97 Å². The van der Waals surface area contributed by atoms with E-state index in [-0.39, 0.29) is 6.42 Å². The van der Waals surface area contributed by atoms with Crippen LogP contribution in [0.1, 0.15) is 29.8 Å². The van der Waals surface area contributed by atoms with Gasteiger partial charge in [0.25, 0.3) is 0 Å². The van der Waals surface area contributed by atoms with Crippen LogP contribution in [0.25, 0.3) is 0 Å². The number of carboxylic acids is 1. The summed E-state index contributed by atoms with van der Waals surface area (Å²) < 4.78 is 1.88. The first kappa shape index (κ1) is 10.8. The number of carboxylic acid groups (broad SMARTS) is 1. The highest BCUT2D eigenvalue weighted by Crippen LogP contribution is 2.11. The van der Waals surface area contributed by atoms with Crippen LogP contribution in [0, 0.1) is 20.8 Å². The molecule has 4 heteroatoms. The Morgan fingerprint density at radius 1 is 1.43 bits per heavy atom. The third-order valence-corrected chi connectivity index (χ3v) is 2.50. The van der Waals surface area contributed by atoms with Crippen LogP contribution in [-0.4, -0.2) is 20.9 Å². The van der Waals surface area contributed by atoms with Gasteiger partial charge in [0.2, 0.25) is 0 Å². The summed E-state index contributed by atoms with van der Waals surface area (Å²) in [6.45, 7) is 6.70. The second-order valence-corrected chi connectivity index (χ2v) is 3.52. The van der Waals surface area contributed by atoms with Crippen LogP contribution in [0.5, 0.6) is 0 Å². The summed E-state index contributed by atoms with van der Waals surface area (Å²) in [6, 6.07) is 0. The maximum absolute atomic E-state index is 10.3. The zero-order valence-electron chi connectivity index (χ0n) is 8.87. The molecular formula is C10H16N2O2. The van der Waals surface area contributed by atoms with Gasteiger partial charge in [0.15, 0.2) is 0 Å². The van der Waals surface area contributed by atoms with Gasteiger partial charge in [0.05, 0.1) is 5.69 Å². The zero-order chi connectivity index (χ0) is 10.7. The predicted molar refractivity (Wildman–Crippen MR) is 53.3 cm³/mol. The third kappa shape index (κ3) is 2.34. The Morgan fingerprint density at radius 3 is 2.50 bits per heavy atom. The summed E-state index contributed by atoms with van der Waals surface area (Å²) in [5.74, 6) is -0.747. The molecule has 4 nitrogen and oxygen atoms in total. The molecule has 0 aliphatic heterocycles. The van der Waals surface area contributed by atoms with Crippen LogP contribution in [-0.2, 0) is 11.3 Å². The highest BCUT2D eigenvalue weighted by Gasteiger charge is 2.06. The maximum atomic E-state index is 10.3. The molecule has 0 unspecified atom stereocenters. The number of aliphatic carboxylic acids is 1. The summed E-state index contributed by atoms with van der Waals surface area (Å²) in [4.78, 5) is 10.3. The summed E-state index contributed by atoms with van der Waals surface area (Å²) in [7, 11) is 0. The van der Waals surface area contributed by atoms with Crippen molar-refractivity contribution in [2.75, 3.05) is 0 Å². The molecule has 0 aromatic carbocycles.